The number of esters is 1. The number of nitrogens with zero attached hydrogens (tertiary/aromatic N) is 1. The van der Waals surface area contributed by atoms with Crippen LogP contribution in [-0.4, -0.2) is 71.2 Å². The first-order valence-electron chi connectivity index (χ1n) is 9.71. The summed E-state index contributed by atoms with van der Waals surface area (Å²) in [6.07, 6.45) is 2.41. The molecule has 0 radical (unpaired) electrons. The lowest BCUT2D eigenvalue weighted by molar-refractivity contribution is -0.117. The maximum absolute atomic E-state index is 12.3. The standard InChI is InChI=1S/C20H28N2O6/c1-25-20(24)17-13-15(22-7-11-26-12-8-22)4-5-18(17)21-19(23)6-10-27-14-16-3-2-9-28-16/h4-5,13,16H,2-3,6-12,14H2,1H3,(H,21,23). The van der Waals surface area contributed by atoms with Gasteiger partial charge in [-0.25, -0.2) is 4.79 Å². The molecule has 2 aliphatic rings. The molecule has 2 aliphatic heterocycles. The largest absolute Gasteiger partial charge is 0.465 e. The fraction of sp³-hybridized carbons (Fsp3) is 0.600. The Bertz CT molecular complexity index is 669. The molecule has 8 nitrogen and oxygen atoms in total. The van der Waals surface area contributed by atoms with Crippen LogP contribution in [0.2, 0.25) is 0 Å². The van der Waals surface area contributed by atoms with Crippen molar-refractivity contribution in [3.05, 3.63) is 23.8 Å². The predicted molar refractivity (Wildman–Crippen MR) is 104 cm³/mol. The molecule has 1 N–H and O–H groups in total. The SMILES string of the molecule is COC(=O)c1cc(N2CCOCC2)ccc1NC(=O)CCOCC1CCCO1. The second kappa shape index (κ2) is 10.4. The van der Waals surface area contributed by atoms with E-state index >= 15 is 0 Å². The Morgan fingerprint density at radius 3 is 2.79 bits per heavy atom. The van der Waals surface area contributed by atoms with Gasteiger partial charge in [-0.3, -0.25) is 4.79 Å². The first-order valence-corrected chi connectivity index (χ1v) is 9.71. The quantitative estimate of drug-likeness (QED) is 0.534. The summed E-state index contributed by atoms with van der Waals surface area (Å²) in [7, 11) is 1.33. The van der Waals surface area contributed by atoms with Gasteiger partial charge in [0.05, 0.1) is 57.3 Å². The van der Waals surface area contributed by atoms with E-state index in [1.807, 2.05) is 6.07 Å². The lowest BCUT2D eigenvalue weighted by atomic mass is 10.1. The summed E-state index contributed by atoms with van der Waals surface area (Å²) < 4.78 is 21.3. The molecule has 0 spiro atoms. The summed E-state index contributed by atoms with van der Waals surface area (Å²) in [6, 6.07) is 5.38. The highest BCUT2D eigenvalue weighted by molar-refractivity contribution is 6.02. The van der Waals surface area contributed by atoms with Crippen molar-refractivity contribution in [1.82, 2.24) is 0 Å². The Balaban J connectivity index is 1.56. The molecule has 28 heavy (non-hydrogen) atoms. The van der Waals surface area contributed by atoms with Crippen LogP contribution in [0.5, 0.6) is 0 Å². The molecule has 1 aromatic carbocycles. The van der Waals surface area contributed by atoms with E-state index in [0.717, 1.165) is 38.2 Å². The summed E-state index contributed by atoms with van der Waals surface area (Å²) in [5, 5.41) is 2.79. The average Bonchev–Trinajstić information content (AvgIpc) is 3.25. The molecule has 2 heterocycles. The maximum atomic E-state index is 12.3. The lowest BCUT2D eigenvalue weighted by Crippen LogP contribution is -2.36. The van der Waals surface area contributed by atoms with Gasteiger partial charge in [0.25, 0.3) is 0 Å². The number of morpholine rings is 1. The zero-order valence-electron chi connectivity index (χ0n) is 16.3. The van der Waals surface area contributed by atoms with Crippen molar-refractivity contribution in [3.8, 4) is 0 Å². The Morgan fingerprint density at radius 1 is 1.25 bits per heavy atom. The molecule has 0 aliphatic carbocycles. The van der Waals surface area contributed by atoms with Crippen LogP contribution in [-0.2, 0) is 23.7 Å². The minimum Gasteiger partial charge on any atom is -0.465 e. The summed E-state index contributed by atoms with van der Waals surface area (Å²) in [5.41, 5.74) is 1.68. The number of benzene rings is 1. The van der Waals surface area contributed by atoms with Gasteiger partial charge in [-0.1, -0.05) is 0 Å². The Morgan fingerprint density at radius 2 is 2.07 bits per heavy atom. The first-order chi connectivity index (χ1) is 13.7. The second-order valence-electron chi connectivity index (χ2n) is 6.83. The lowest BCUT2D eigenvalue weighted by Gasteiger charge is -2.29. The molecule has 1 unspecified atom stereocenters. The van der Waals surface area contributed by atoms with Gasteiger partial charge in [-0.05, 0) is 31.0 Å². The minimum absolute atomic E-state index is 0.140. The molecule has 3 rings (SSSR count). The molecule has 1 aromatic rings. The monoisotopic (exact) mass is 392 g/mol. The van der Waals surface area contributed by atoms with Crippen LogP contribution in [0.1, 0.15) is 29.6 Å². The fourth-order valence-corrected chi connectivity index (χ4v) is 3.31. The van der Waals surface area contributed by atoms with Crippen molar-refractivity contribution < 1.29 is 28.5 Å². The normalized spacial score (nSPS) is 19.5. The highest BCUT2D eigenvalue weighted by Crippen LogP contribution is 2.25. The van der Waals surface area contributed by atoms with Gasteiger partial charge < -0.3 is 29.2 Å². The molecule has 1 atom stereocenters. The Kier molecular flexibility index (Phi) is 7.64. The number of amides is 1. The summed E-state index contributed by atoms with van der Waals surface area (Å²) >= 11 is 0. The van der Waals surface area contributed by atoms with Crippen LogP contribution in [0.4, 0.5) is 11.4 Å². The second-order valence-corrected chi connectivity index (χ2v) is 6.83. The number of ether oxygens (including phenoxy) is 4. The van der Waals surface area contributed by atoms with E-state index in [1.165, 1.54) is 7.11 Å². The highest BCUT2D eigenvalue weighted by atomic mass is 16.5. The number of hydrogen-bond acceptors (Lipinski definition) is 7. The Labute approximate surface area is 165 Å². The van der Waals surface area contributed by atoms with Crippen molar-refractivity contribution in [3.63, 3.8) is 0 Å². The molecule has 154 valence electrons. The molecular weight excluding hydrogens is 364 g/mol. The first kappa shape index (κ1) is 20.6. The van der Waals surface area contributed by atoms with Gasteiger partial charge in [-0.2, -0.15) is 0 Å². The third-order valence-electron chi connectivity index (χ3n) is 4.86. The molecule has 0 bridgehead atoms. The van der Waals surface area contributed by atoms with Crippen LogP contribution in [0.3, 0.4) is 0 Å². The van der Waals surface area contributed by atoms with Crippen molar-refractivity contribution in [2.24, 2.45) is 0 Å². The number of nitrogens with one attached hydrogen (secondary N) is 1. The average molecular weight is 392 g/mol. The van der Waals surface area contributed by atoms with E-state index in [2.05, 4.69) is 10.2 Å². The number of rotatable bonds is 8. The molecule has 1 amide bonds. The van der Waals surface area contributed by atoms with E-state index in [0.29, 0.717) is 37.7 Å². The van der Waals surface area contributed by atoms with E-state index < -0.39 is 5.97 Å². The van der Waals surface area contributed by atoms with Gasteiger partial charge >= 0.3 is 5.97 Å². The van der Waals surface area contributed by atoms with Crippen LogP contribution in [0, 0.1) is 0 Å². The summed E-state index contributed by atoms with van der Waals surface area (Å²) in [5.74, 6) is -0.698. The minimum atomic E-state index is -0.486. The molecule has 2 saturated heterocycles. The number of anilines is 2. The van der Waals surface area contributed by atoms with E-state index in [-0.39, 0.29) is 18.4 Å². The predicted octanol–water partition coefficient (Wildman–Crippen LogP) is 1.83. The van der Waals surface area contributed by atoms with Gasteiger partial charge in [0.15, 0.2) is 0 Å². The third kappa shape index (κ3) is 5.67. The van der Waals surface area contributed by atoms with Crippen LogP contribution < -0.4 is 10.2 Å². The molecule has 0 saturated carbocycles. The van der Waals surface area contributed by atoms with E-state index in [1.54, 1.807) is 12.1 Å². The number of carbonyl (C=O) groups excluding carboxylic acids is 2. The van der Waals surface area contributed by atoms with Gasteiger partial charge in [0.2, 0.25) is 5.91 Å². The molecular formula is C20H28N2O6. The van der Waals surface area contributed by atoms with Crippen LogP contribution in [0.25, 0.3) is 0 Å². The van der Waals surface area contributed by atoms with E-state index in [4.69, 9.17) is 18.9 Å². The van der Waals surface area contributed by atoms with Gasteiger partial charge in [0, 0.05) is 25.4 Å². The number of methoxy groups -OCH3 is 1. The summed E-state index contributed by atoms with van der Waals surface area (Å²) in [6.45, 7) is 4.42. The molecule has 0 aromatic heterocycles. The fourth-order valence-electron chi connectivity index (χ4n) is 3.31. The van der Waals surface area contributed by atoms with Crippen LogP contribution >= 0.6 is 0 Å². The van der Waals surface area contributed by atoms with Gasteiger partial charge in [0.1, 0.15) is 0 Å². The molecule has 2 fully saturated rings. The topological polar surface area (TPSA) is 86.3 Å². The van der Waals surface area contributed by atoms with Crippen molar-refractivity contribution >= 4 is 23.3 Å². The zero-order chi connectivity index (χ0) is 19.8. The summed E-state index contributed by atoms with van der Waals surface area (Å²) in [4.78, 5) is 26.6. The Hall–Kier alpha value is -2.16. The van der Waals surface area contributed by atoms with Crippen molar-refractivity contribution in [2.45, 2.75) is 25.4 Å². The number of hydrogen-bond donors (Lipinski definition) is 1. The van der Waals surface area contributed by atoms with Crippen LogP contribution in [0.15, 0.2) is 18.2 Å². The smallest absolute Gasteiger partial charge is 0.340 e. The van der Waals surface area contributed by atoms with Crippen molar-refractivity contribution in [2.75, 3.05) is 63.5 Å². The van der Waals surface area contributed by atoms with Crippen molar-refractivity contribution in [1.29, 1.82) is 0 Å². The number of carbonyl (C=O) groups is 2. The molecule has 8 heteroatoms. The van der Waals surface area contributed by atoms with Gasteiger partial charge in [-0.15, -0.1) is 0 Å². The third-order valence-corrected chi connectivity index (χ3v) is 4.86. The van der Waals surface area contributed by atoms with E-state index in [9.17, 15) is 9.59 Å². The highest BCUT2D eigenvalue weighted by Gasteiger charge is 2.19. The maximum Gasteiger partial charge on any atom is 0.340 e. The zero-order valence-corrected chi connectivity index (χ0v) is 16.3.